The van der Waals surface area contributed by atoms with Crippen LogP contribution >= 0.6 is 0 Å². The van der Waals surface area contributed by atoms with E-state index in [9.17, 15) is 13.5 Å². The van der Waals surface area contributed by atoms with E-state index in [2.05, 4.69) is 0 Å². The third-order valence-electron chi connectivity index (χ3n) is 3.59. The predicted molar refractivity (Wildman–Crippen MR) is 78.5 cm³/mol. The molecule has 0 spiro atoms. The SMILES string of the molecule is CCN(C)S(=O)(=O)N(Cc1cccc(O)c1)CC1CC1. The van der Waals surface area contributed by atoms with Crippen molar-refractivity contribution in [3.05, 3.63) is 29.8 Å². The third-order valence-corrected chi connectivity index (χ3v) is 5.57. The van der Waals surface area contributed by atoms with Crippen LogP contribution < -0.4 is 0 Å². The van der Waals surface area contributed by atoms with Crippen molar-refractivity contribution in [2.45, 2.75) is 26.3 Å². The van der Waals surface area contributed by atoms with E-state index in [4.69, 9.17) is 0 Å². The van der Waals surface area contributed by atoms with Gasteiger partial charge in [0.05, 0.1) is 0 Å². The molecule has 112 valence electrons. The van der Waals surface area contributed by atoms with Crippen LogP contribution in [0, 0.1) is 5.92 Å². The number of hydrogen-bond donors (Lipinski definition) is 1. The average molecular weight is 298 g/mol. The van der Waals surface area contributed by atoms with Crippen LogP contribution in [0.5, 0.6) is 5.75 Å². The number of rotatable bonds is 7. The van der Waals surface area contributed by atoms with Gasteiger partial charge in [-0.15, -0.1) is 0 Å². The quantitative estimate of drug-likeness (QED) is 0.835. The van der Waals surface area contributed by atoms with Crippen molar-refractivity contribution in [2.24, 2.45) is 5.92 Å². The Hall–Kier alpha value is -1.11. The van der Waals surface area contributed by atoms with Gasteiger partial charge in [-0.2, -0.15) is 17.0 Å². The van der Waals surface area contributed by atoms with Crippen LogP contribution in [0.25, 0.3) is 0 Å². The molecular formula is C14H22N2O3S. The number of phenols is 1. The van der Waals surface area contributed by atoms with E-state index in [1.54, 1.807) is 25.2 Å². The van der Waals surface area contributed by atoms with Gasteiger partial charge in [0.1, 0.15) is 5.75 Å². The minimum atomic E-state index is -3.43. The fraction of sp³-hybridized carbons (Fsp3) is 0.571. The summed E-state index contributed by atoms with van der Waals surface area (Å²) in [6, 6.07) is 6.76. The molecule has 0 aliphatic heterocycles. The number of aromatic hydroxyl groups is 1. The highest BCUT2D eigenvalue weighted by Gasteiger charge is 2.32. The second-order valence-electron chi connectivity index (χ2n) is 5.33. The summed E-state index contributed by atoms with van der Waals surface area (Å²) in [7, 11) is -1.84. The van der Waals surface area contributed by atoms with Crippen molar-refractivity contribution in [3.63, 3.8) is 0 Å². The summed E-state index contributed by atoms with van der Waals surface area (Å²) in [4.78, 5) is 0. The first-order chi connectivity index (χ1) is 9.43. The monoisotopic (exact) mass is 298 g/mol. The van der Waals surface area contributed by atoms with Crippen LogP contribution in [0.4, 0.5) is 0 Å². The van der Waals surface area contributed by atoms with Crippen LogP contribution in [-0.2, 0) is 16.8 Å². The van der Waals surface area contributed by atoms with Gasteiger partial charge in [0.15, 0.2) is 0 Å². The summed E-state index contributed by atoms with van der Waals surface area (Å²) in [5.41, 5.74) is 0.804. The number of benzene rings is 1. The summed E-state index contributed by atoms with van der Waals surface area (Å²) >= 11 is 0. The minimum Gasteiger partial charge on any atom is -0.508 e. The summed E-state index contributed by atoms with van der Waals surface area (Å²) < 4.78 is 27.9. The molecule has 0 saturated heterocycles. The molecule has 20 heavy (non-hydrogen) atoms. The Bertz CT molecular complexity index is 555. The molecule has 0 atom stereocenters. The Morgan fingerprint density at radius 3 is 2.60 bits per heavy atom. The van der Waals surface area contributed by atoms with Crippen LogP contribution in [0.15, 0.2) is 24.3 Å². The fourth-order valence-electron chi connectivity index (χ4n) is 2.05. The first-order valence-electron chi connectivity index (χ1n) is 6.92. The molecule has 1 aliphatic rings. The molecule has 1 aromatic carbocycles. The van der Waals surface area contributed by atoms with Gasteiger partial charge < -0.3 is 5.11 Å². The van der Waals surface area contributed by atoms with E-state index in [-0.39, 0.29) is 5.75 Å². The summed E-state index contributed by atoms with van der Waals surface area (Å²) in [5, 5.41) is 9.50. The molecule has 1 N–H and O–H groups in total. The van der Waals surface area contributed by atoms with E-state index in [0.717, 1.165) is 18.4 Å². The van der Waals surface area contributed by atoms with Crippen molar-refractivity contribution in [2.75, 3.05) is 20.1 Å². The summed E-state index contributed by atoms with van der Waals surface area (Å²) in [6.45, 7) is 3.13. The molecule has 0 unspecified atom stereocenters. The zero-order valence-corrected chi connectivity index (χ0v) is 12.8. The normalized spacial score (nSPS) is 16.0. The number of nitrogens with zero attached hydrogens (tertiary/aromatic N) is 2. The molecule has 6 heteroatoms. The van der Waals surface area contributed by atoms with Crippen molar-refractivity contribution >= 4 is 10.2 Å². The lowest BCUT2D eigenvalue weighted by molar-refractivity contribution is 0.348. The van der Waals surface area contributed by atoms with E-state index in [1.165, 1.54) is 8.61 Å². The largest absolute Gasteiger partial charge is 0.508 e. The Labute approximate surface area is 121 Å². The fourth-order valence-corrected chi connectivity index (χ4v) is 3.48. The highest BCUT2D eigenvalue weighted by molar-refractivity contribution is 7.86. The topological polar surface area (TPSA) is 60.9 Å². The third kappa shape index (κ3) is 3.71. The number of hydrogen-bond acceptors (Lipinski definition) is 3. The van der Waals surface area contributed by atoms with Gasteiger partial charge >= 0.3 is 0 Å². The second kappa shape index (κ2) is 6.11. The van der Waals surface area contributed by atoms with Crippen LogP contribution in [-0.4, -0.2) is 42.3 Å². The van der Waals surface area contributed by atoms with E-state index in [0.29, 0.717) is 25.6 Å². The summed E-state index contributed by atoms with van der Waals surface area (Å²) in [5.74, 6) is 0.641. The minimum absolute atomic E-state index is 0.162. The highest BCUT2D eigenvalue weighted by atomic mass is 32.2. The van der Waals surface area contributed by atoms with Gasteiger partial charge in [-0.05, 0) is 36.5 Å². The van der Waals surface area contributed by atoms with Crippen molar-refractivity contribution in [1.82, 2.24) is 8.61 Å². The van der Waals surface area contributed by atoms with Crippen molar-refractivity contribution < 1.29 is 13.5 Å². The zero-order valence-electron chi connectivity index (χ0n) is 12.0. The van der Waals surface area contributed by atoms with Gasteiger partial charge in [-0.1, -0.05) is 19.1 Å². The molecule has 0 bridgehead atoms. The first kappa shape index (κ1) is 15.3. The molecule has 0 radical (unpaired) electrons. The second-order valence-corrected chi connectivity index (χ2v) is 7.36. The molecule has 1 saturated carbocycles. The van der Waals surface area contributed by atoms with Gasteiger partial charge in [-0.3, -0.25) is 0 Å². The lowest BCUT2D eigenvalue weighted by atomic mass is 10.2. The van der Waals surface area contributed by atoms with Gasteiger partial charge in [0.25, 0.3) is 10.2 Å². The lowest BCUT2D eigenvalue weighted by Gasteiger charge is -2.27. The van der Waals surface area contributed by atoms with Gasteiger partial charge in [0.2, 0.25) is 0 Å². The molecule has 1 aliphatic carbocycles. The lowest BCUT2D eigenvalue weighted by Crippen LogP contribution is -2.42. The van der Waals surface area contributed by atoms with Crippen LogP contribution in [0.2, 0.25) is 0 Å². The van der Waals surface area contributed by atoms with Crippen LogP contribution in [0.1, 0.15) is 25.3 Å². The zero-order chi connectivity index (χ0) is 14.8. The highest BCUT2D eigenvalue weighted by Crippen LogP contribution is 2.31. The van der Waals surface area contributed by atoms with Crippen LogP contribution in [0.3, 0.4) is 0 Å². The predicted octanol–water partition coefficient (Wildman–Crippen LogP) is 1.80. The standard InChI is InChI=1S/C14H22N2O3S/c1-3-15(2)20(18,19)16(10-12-7-8-12)11-13-5-4-6-14(17)9-13/h4-6,9,12,17H,3,7-8,10-11H2,1-2H3. The molecule has 5 nitrogen and oxygen atoms in total. The molecule has 1 fully saturated rings. The average Bonchev–Trinajstić information content (AvgIpc) is 3.21. The van der Waals surface area contributed by atoms with E-state index < -0.39 is 10.2 Å². The van der Waals surface area contributed by atoms with Crippen molar-refractivity contribution in [1.29, 1.82) is 0 Å². The molecule has 0 heterocycles. The van der Waals surface area contributed by atoms with E-state index in [1.807, 2.05) is 13.0 Å². The maximum Gasteiger partial charge on any atom is 0.282 e. The Morgan fingerprint density at radius 2 is 2.05 bits per heavy atom. The first-order valence-corrected chi connectivity index (χ1v) is 8.32. The Balaban J connectivity index is 2.19. The molecule has 1 aromatic rings. The summed E-state index contributed by atoms with van der Waals surface area (Å²) in [6.07, 6.45) is 2.20. The molecule has 0 aromatic heterocycles. The molecule has 0 amide bonds. The van der Waals surface area contributed by atoms with E-state index >= 15 is 0 Å². The molecule has 2 rings (SSSR count). The maximum absolute atomic E-state index is 12.5. The Morgan fingerprint density at radius 1 is 1.35 bits per heavy atom. The smallest absolute Gasteiger partial charge is 0.282 e. The Kier molecular flexibility index (Phi) is 4.67. The molecular weight excluding hydrogens is 276 g/mol. The maximum atomic E-state index is 12.5. The van der Waals surface area contributed by atoms with Gasteiger partial charge in [-0.25, -0.2) is 0 Å². The van der Waals surface area contributed by atoms with Crippen molar-refractivity contribution in [3.8, 4) is 5.75 Å². The van der Waals surface area contributed by atoms with Gasteiger partial charge in [0, 0.05) is 26.7 Å². The number of phenolic OH excluding ortho intramolecular Hbond substituents is 1.